The van der Waals surface area contributed by atoms with Crippen LogP contribution in [0.2, 0.25) is 0 Å². The van der Waals surface area contributed by atoms with E-state index in [0.29, 0.717) is 5.92 Å². The van der Waals surface area contributed by atoms with Gasteiger partial charge in [0.2, 0.25) is 0 Å². The molecular weight excluding hydrogens is 132 g/mol. The lowest BCUT2D eigenvalue weighted by Gasteiger charge is -2.02. The van der Waals surface area contributed by atoms with Gasteiger partial charge in [-0.05, 0) is 18.8 Å². The number of aliphatic carboxylic acids is 1. The van der Waals surface area contributed by atoms with Gasteiger partial charge in [0.15, 0.2) is 0 Å². The number of carbonyl (C=O) groups excluding carboxylic acids is 1. The smallest absolute Gasteiger partial charge is 0.304 e. The van der Waals surface area contributed by atoms with Gasteiger partial charge in [0, 0.05) is 5.92 Å². The van der Waals surface area contributed by atoms with Crippen LogP contribution in [0, 0.1) is 11.8 Å². The number of aldehydes is 1. The van der Waals surface area contributed by atoms with Crippen molar-refractivity contribution < 1.29 is 14.7 Å². The summed E-state index contributed by atoms with van der Waals surface area (Å²) in [5, 5.41) is 8.33. The molecule has 0 aromatic heterocycles. The molecule has 1 unspecified atom stereocenters. The largest absolute Gasteiger partial charge is 0.481 e. The van der Waals surface area contributed by atoms with E-state index in [4.69, 9.17) is 5.11 Å². The molecule has 56 valence electrons. The first-order valence-electron chi connectivity index (χ1n) is 3.41. The second kappa shape index (κ2) is 2.82. The van der Waals surface area contributed by atoms with E-state index in [9.17, 15) is 9.59 Å². The van der Waals surface area contributed by atoms with E-state index < -0.39 is 5.97 Å². The minimum absolute atomic E-state index is 0.00810. The van der Waals surface area contributed by atoms with Gasteiger partial charge in [-0.25, -0.2) is 0 Å². The number of carboxylic acid groups (broad SMARTS) is 1. The monoisotopic (exact) mass is 142 g/mol. The number of carbonyl (C=O) groups is 2. The zero-order valence-corrected chi connectivity index (χ0v) is 5.62. The highest BCUT2D eigenvalue weighted by atomic mass is 16.4. The third-order valence-corrected chi connectivity index (χ3v) is 1.81. The molecule has 3 heteroatoms. The molecule has 1 saturated carbocycles. The molecular formula is C7H10O3. The van der Waals surface area contributed by atoms with Gasteiger partial charge in [0.05, 0.1) is 6.42 Å². The summed E-state index contributed by atoms with van der Waals surface area (Å²) in [5.74, 6) is -0.727. The molecule has 1 aliphatic rings. The Morgan fingerprint density at radius 2 is 2.30 bits per heavy atom. The van der Waals surface area contributed by atoms with Gasteiger partial charge < -0.3 is 9.90 Å². The summed E-state index contributed by atoms with van der Waals surface area (Å²) in [7, 11) is 0. The van der Waals surface area contributed by atoms with Crippen molar-refractivity contribution in [2.45, 2.75) is 19.3 Å². The SMILES string of the molecule is O=CC(CC(=O)O)C1CC1. The molecule has 0 spiro atoms. The van der Waals surface area contributed by atoms with Gasteiger partial charge in [0.1, 0.15) is 6.29 Å². The Hall–Kier alpha value is -0.860. The van der Waals surface area contributed by atoms with Gasteiger partial charge in [0.25, 0.3) is 0 Å². The van der Waals surface area contributed by atoms with Crippen LogP contribution in [-0.4, -0.2) is 17.4 Å². The maximum absolute atomic E-state index is 10.3. The maximum atomic E-state index is 10.3. The topological polar surface area (TPSA) is 54.4 Å². The molecule has 0 saturated heterocycles. The molecule has 1 N–H and O–H groups in total. The zero-order chi connectivity index (χ0) is 7.56. The summed E-state index contributed by atoms with van der Waals surface area (Å²) < 4.78 is 0. The van der Waals surface area contributed by atoms with Crippen LogP contribution in [0.3, 0.4) is 0 Å². The van der Waals surface area contributed by atoms with Gasteiger partial charge in [-0.2, -0.15) is 0 Å². The molecule has 1 aliphatic carbocycles. The van der Waals surface area contributed by atoms with E-state index in [1.807, 2.05) is 0 Å². The Morgan fingerprint density at radius 3 is 2.60 bits per heavy atom. The van der Waals surface area contributed by atoms with Crippen molar-refractivity contribution in [3.8, 4) is 0 Å². The molecule has 0 aromatic rings. The van der Waals surface area contributed by atoms with Crippen LogP contribution in [0.1, 0.15) is 19.3 Å². The fraction of sp³-hybridized carbons (Fsp3) is 0.714. The standard InChI is InChI=1S/C7H10O3/c8-4-6(3-7(9)10)5-1-2-5/h4-6H,1-3H2,(H,9,10). The second-order valence-corrected chi connectivity index (χ2v) is 2.74. The number of hydrogen-bond acceptors (Lipinski definition) is 2. The molecule has 0 heterocycles. The summed E-state index contributed by atoms with van der Waals surface area (Å²) in [4.78, 5) is 20.4. The summed E-state index contributed by atoms with van der Waals surface area (Å²) in [6.45, 7) is 0. The number of carboxylic acids is 1. The molecule has 0 aromatic carbocycles. The van der Waals surface area contributed by atoms with Crippen LogP contribution in [-0.2, 0) is 9.59 Å². The van der Waals surface area contributed by atoms with Crippen molar-refractivity contribution in [3.05, 3.63) is 0 Å². The number of hydrogen-bond donors (Lipinski definition) is 1. The van der Waals surface area contributed by atoms with Crippen molar-refractivity contribution in [1.29, 1.82) is 0 Å². The first-order chi connectivity index (χ1) is 4.74. The van der Waals surface area contributed by atoms with Gasteiger partial charge in [-0.1, -0.05) is 0 Å². The molecule has 1 atom stereocenters. The molecule has 0 amide bonds. The van der Waals surface area contributed by atoms with Crippen molar-refractivity contribution in [1.82, 2.24) is 0 Å². The maximum Gasteiger partial charge on any atom is 0.304 e. The van der Waals surface area contributed by atoms with Crippen LogP contribution in [0.25, 0.3) is 0 Å². The lowest BCUT2D eigenvalue weighted by Crippen LogP contribution is -2.10. The summed E-state index contributed by atoms with van der Waals surface area (Å²) >= 11 is 0. The Labute approximate surface area is 59.0 Å². The normalized spacial score (nSPS) is 20.0. The summed E-state index contributed by atoms with van der Waals surface area (Å²) in [5.41, 5.74) is 0. The van der Waals surface area contributed by atoms with Crippen LogP contribution in [0.5, 0.6) is 0 Å². The van der Waals surface area contributed by atoms with Crippen LogP contribution < -0.4 is 0 Å². The van der Waals surface area contributed by atoms with Crippen LogP contribution >= 0.6 is 0 Å². The highest BCUT2D eigenvalue weighted by Crippen LogP contribution is 2.37. The third kappa shape index (κ3) is 1.83. The van der Waals surface area contributed by atoms with Gasteiger partial charge in [-0.3, -0.25) is 4.79 Å². The van der Waals surface area contributed by atoms with E-state index in [1.165, 1.54) is 0 Å². The lowest BCUT2D eigenvalue weighted by atomic mass is 10.0. The molecule has 1 fully saturated rings. The van der Waals surface area contributed by atoms with Crippen molar-refractivity contribution in [2.75, 3.05) is 0 Å². The Kier molecular flexibility index (Phi) is 2.04. The molecule has 0 aliphatic heterocycles. The molecule has 0 radical (unpaired) electrons. The summed E-state index contributed by atoms with van der Waals surface area (Å²) in [6.07, 6.45) is 2.83. The van der Waals surface area contributed by atoms with E-state index in [1.54, 1.807) is 0 Å². The average molecular weight is 142 g/mol. The highest BCUT2D eigenvalue weighted by Gasteiger charge is 2.32. The fourth-order valence-corrected chi connectivity index (χ4v) is 1.05. The summed E-state index contributed by atoms with van der Waals surface area (Å²) in [6, 6.07) is 0. The third-order valence-electron chi connectivity index (χ3n) is 1.81. The van der Waals surface area contributed by atoms with E-state index >= 15 is 0 Å². The van der Waals surface area contributed by atoms with Gasteiger partial charge >= 0.3 is 5.97 Å². The van der Waals surface area contributed by atoms with Crippen molar-refractivity contribution in [2.24, 2.45) is 11.8 Å². The lowest BCUT2D eigenvalue weighted by molar-refractivity contribution is -0.139. The Bertz CT molecular complexity index is 149. The quantitative estimate of drug-likeness (QED) is 0.587. The predicted octanol–water partition coefficient (Wildman–Crippen LogP) is 0.686. The fourth-order valence-electron chi connectivity index (χ4n) is 1.05. The molecule has 3 nitrogen and oxygen atoms in total. The first-order valence-corrected chi connectivity index (χ1v) is 3.41. The minimum atomic E-state index is -0.871. The highest BCUT2D eigenvalue weighted by molar-refractivity contribution is 5.72. The van der Waals surface area contributed by atoms with E-state index in [0.717, 1.165) is 19.1 Å². The predicted molar refractivity (Wildman–Crippen MR) is 34.5 cm³/mol. The Balaban J connectivity index is 2.32. The van der Waals surface area contributed by atoms with Crippen LogP contribution in [0.4, 0.5) is 0 Å². The van der Waals surface area contributed by atoms with Gasteiger partial charge in [-0.15, -0.1) is 0 Å². The minimum Gasteiger partial charge on any atom is -0.481 e. The number of rotatable bonds is 4. The second-order valence-electron chi connectivity index (χ2n) is 2.74. The van der Waals surface area contributed by atoms with Crippen molar-refractivity contribution in [3.63, 3.8) is 0 Å². The van der Waals surface area contributed by atoms with E-state index in [2.05, 4.69) is 0 Å². The van der Waals surface area contributed by atoms with Crippen molar-refractivity contribution >= 4 is 12.3 Å². The molecule has 0 bridgehead atoms. The van der Waals surface area contributed by atoms with Crippen LogP contribution in [0.15, 0.2) is 0 Å². The Morgan fingerprint density at radius 1 is 1.70 bits per heavy atom. The zero-order valence-electron chi connectivity index (χ0n) is 5.62. The average Bonchev–Trinajstić information content (AvgIpc) is 2.63. The first kappa shape index (κ1) is 7.25. The molecule has 10 heavy (non-hydrogen) atoms. The van der Waals surface area contributed by atoms with E-state index in [-0.39, 0.29) is 12.3 Å². The molecule has 1 rings (SSSR count).